The molecule has 0 aromatic carbocycles. The first-order valence-electron chi connectivity index (χ1n) is 7.43. The van der Waals surface area contributed by atoms with E-state index in [1.807, 2.05) is 23.6 Å². The molecule has 1 unspecified atom stereocenters. The highest BCUT2D eigenvalue weighted by Crippen LogP contribution is 2.23. The van der Waals surface area contributed by atoms with Gasteiger partial charge in [0, 0.05) is 42.5 Å². The first kappa shape index (κ1) is 15.6. The van der Waals surface area contributed by atoms with Crippen LogP contribution in [-0.2, 0) is 11.3 Å². The zero-order chi connectivity index (χ0) is 15.7. The van der Waals surface area contributed by atoms with E-state index in [-0.39, 0.29) is 17.3 Å². The van der Waals surface area contributed by atoms with Crippen molar-refractivity contribution in [3.63, 3.8) is 0 Å². The highest BCUT2D eigenvalue weighted by Gasteiger charge is 2.26. The van der Waals surface area contributed by atoms with Crippen molar-refractivity contribution in [2.24, 2.45) is 4.99 Å². The van der Waals surface area contributed by atoms with Gasteiger partial charge >= 0.3 is 4.87 Å². The van der Waals surface area contributed by atoms with Crippen molar-refractivity contribution in [3.05, 3.63) is 20.7 Å². The first-order valence-corrected chi connectivity index (χ1v) is 9.19. The van der Waals surface area contributed by atoms with Crippen LogP contribution in [0.3, 0.4) is 0 Å². The number of aromatic nitrogens is 1. The Hall–Kier alpha value is -1.28. The molecule has 8 heteroatoms. The lowest BCUT2D eigenvalue weighted by molar-refractivity contribution is -0.133. The van der Waals surface area contributed by atoms with Gasteiger partial charge in [-0.2, -0.15) is 0 Å². The summed E-state index contributed by atoms with van der Waals surface area (Å²) in [7, 11) is 0. The number of nitrogens with zero attached hydrogens (tertiary/aromatic N) is 4. The summed E-state index contributed by atoms with van der Waals surface area (Å²) in [6.07, 6.45) is 0. The van der Waals surface area contributed by atoms with Crippen molar-refractivity contribution < 1.29 is 4.79 Å². The molecule has 1 fully saturated rings. The van der Waals surface area contributed by atoms with E-state index in [1.54, 1.807) is 9.95 Å². The fraction of sp³-hybridized carbons (Fsp3) is 0.643. The lowest BCUT2D eigenvalue weighted by Gasteiger charge is -2.35. The van der Waals surface area contributed by atoms with Crippen LogP contribution in [0.4, 0.5) is 0 Å². The van der Waals surface area contributed by atoms with Crippen LogP contribution in [0.5, 0.6) is 0 Å². The predicted molar refractivity (Wildman–Crippen MR) is 90.8 cm³/mol. The summed E-state index contributed by atoms with van der Waals surface area (Å²) >= 11 is 2.96. The van der Waals surface area contributed by atoms with Crippen LogP contribution in [0.15, 0.2) is 15.2 Å². The highest BCUT2D eigenvalue weighted by molar-refractivity contribution is 8.14. The summed E-state index contributed by atoms with van der Waals surface area (Å²) in [5.74, 6) is 0.0256. The fourth-order valence-electron chi connectivity index (χ4n) is 2.61. The topological polar surface area (TPSA) is 57.9 Å². The molecule has 1 amide bonds. The van der Waals surface area contributed by atoms with Gasteiger partial charge in [0.25, 0.3) is 0 Å². The molecule has 3 heterocycles. The molecule has 2 aliphatic heterocycles. The maximum absolute atomic E-state index is 12.4. The monoisotopic (exact) mass is 340 g/mol. The third kappa shape index (κ3) is 3.22. The Morgan fingerprint density at radius 3 is 2.64 bits per heavy atom. The third-order valence-corrected chi connectivity index (χ3v) is 5.99. The molecule has 0 saturated carbocycles. The molecule has 3 rings (SSSR count). The van der Waals surface area contributed by atoms with E-state index < -0.39 is 0 Å². The normalized spacial score (nSPS) is 22.1. The second-order valence-corrected chi connectivity index (χ2v) is 7.87. The molecule has 6 nitrogen and oxygen atoms in total. The minimum absolute atomic E-state index is 0.0256. The third-order valence-electron chi connectivity index (χ3n) is 3.96. The van der Waals surface area contributed by atoms with Gasteiger partial charge in [-0.15, -0.1) is 0 Å². The quantitative estimate of drug-likeness (QED) is 0.801. The van der Waals surface area contributed by atoms with Crippen molar-refractivity contribution >= 4 is 34.2 Å². The molecule has 0 radical (unpaired) electrons. The van der Waals surface area contributed by atoms with Crippen LogP contribution in [0, 0.1) is 6.92 Å². The lowest BCUT2D eigenvalue weighted by atomic mass is 10.3. The largest absolute Gasteiger partial charge is 0.348 e. The number of thioether (sulfide) groups is 1. The molecule has 1 aromatic heterocycles. The molecule has 0 bridgehead atoms. The summed E-state index contributed by atoms with van der Waals surface area (Å²) in [6.45, 7) is 8.13. The minimum atomic E-state index is -0.0600. The Bertz CT molecular complexity index is 644. The summed E-state index contributed by atoms with van der Waals surface area (Å²) in [4.78, 5) is 32.7. The van der Waals surface area contributed by atoms with Gasteiger partial charge in [-0.05, 0) is 6.92 Å². The summed E-state index contributed by atoms with van der Waals surface area (Å²) in [5, 5.41) is 3.47. The molecule has 1 atom stereocenters. The SMILES string of the molecule is Cc1csc(=O)n1CC(=O)N1CCN(C2=NCC(C)S2)CC1. The molecule has 1 aromatic rings. The van der Waals surface area contributed by atoms with Gasteiger partial charge in [0.05, 0.1) is 6.54 Å². The van der Waals surface area contributed by atoms with Crippen LogP contribution in [-0.4, -0.2) is 63.4 Å². The average Bonchev–Trinajstić information content (AvgIpc) is 3.08. The van der Waals surface area contributed by atoms with E-state index in [1.165, 1.54) is 0 Å². The zero-order valence-electron chi connectivity index (χ0n) is 12.8. The second kappa shape index (κ2) is 6.45. The Morgan fingerprint density at radius 1 is 1.36 bits per heavy atom. The number of rotatable bonds is 2. The molecule has 120 valence electrons. The number of thiazole rings is 1. The average molecular weight is 340 g/mol. The van der Waals surface area contributed by atoms with Gasteiger partial charge in [-0.25, -0.2) is 0 Å². The molecule has 0 spiro atoms. The molecular weight excluding hydrogens is 320 g/mol. The lowest BCUT2D eigenvalue weighted by Crippen LogP contribution is -2.51. The van der Waals surface area contributed by atoms with Crippen molar-refractivity contribution in [1.29, 1.82) is 0 Å². The number of aryl methyl sites for hydroxylation is 1. The molecule has 2 aliphatic rings. The highest BCUT2D eigenvalue weighted by atomic mass is 32.2. The van der Waals surface area contributed by atoms with Gasteiger partial charge in [0.2, 0.25) is 5.91 Å². The predicted octanol–water partition coefficient (Wildman–Crippen LogP) is 0.854. The maximum atomic E-state index is 12.4. The van der Waals surface area contributed by atoms with Crippen molar-refractivity contribution in [1.82, 2.24) is 14.4 Å². The van der Waals surface area contributed by atoms with E-state index in [2.05, 4.69) is 16.8 Å². The van der Waals surface area contributed by atoms with Crippen molar-refractivity contribution in [3.8, 4) is 0 Å². The van der Waals surface area contributed by atoms with Gasteiger partial charge in [0.15, 0.2) is 5.17 Å². The first-order chi connectivity index (χ1) is 10.5. The standard InChI is InChI=1S/C14H20N4O2S2/c1-10-9-21-14(20)18(10)8-12(19)16-3-5-17(6-4-16)13-15-7-11(2)22-13/h9,11H,3-8H2,1-2H3. The van der Waals surface area contributed by atoms with E-state index in [0.29, 0.717) is 18.3 Å². The fourth-order valence-corrected chi connectivity index (χ4v) is 4.34. The number of carbonyl (C=O) groups excluding carboxylic acids is 1. The summed E-state index contributed by atoms with van der Waals surface area (Å²) < 4.78 is 1.55. The Balaban J connectivity index is 1.55. The van der Waals surface area contributed by atoms with Gasteiger partial charge in [0.1, 0.15) is 6.54 Å². The minimum Gasteiger partial charge on any atom is -0.348 e. The molecule has 0 N–H and O–H groups in total. The van der Waals surface area contributed by atoms with Gasteiger partial charge in [-0.1, -0.05) is 30.0 Å². The Kier molecular flexibility index (Phi) is 4.58. The molecule has 0 aliphatic carbocycles. The van der Waals surface area contributed by atoms with Gasteiger partial charge < -0.3 is 9.80 Å². The number of amidine groups is 1. The number of carbonyl (C=O) groups is 1. The van der Waals surface area contributed by atoms with Crippen LogP contribution in [0.2, 0.25) is 0 Å². The van der Waals surface area contributed by atoms with E-state index in [4.69, 9.17) is 0 Å². The van der Waals surface area contributed by atoms with E-state index >= 15 is 0 Å². The van der Waals surface area contributed by atoms with Crippen molar-refractivity contribution in [2.75, 3.05) is 32.7 Å². The van der Waals surface area contributed by atoms with E-state index in [0.717, 1.165) is 41.8 Å². The number of hydrogen-bond acceptors (Lipinski definition) is 6. The van der Waals surface area contributed by atoms with E-state index in [9.17, 15) is 9.59 Å². The van der Waals surface area contributed by atoms with Crippen LogP contribution >= 0.6 is 23.1 Å². The molecular formula is C14H20N4O2S2. The molecule has 22 heavy (non-hydrogen) atoms. The number of hydrogen-bond donors (Lipinski definition) is 0. The van der Waals surface area contributed by atoms with Crippen molar-refractivity contribution in [2.45, 2.75) is 25.6 Å². The Morgan fingerprint density at radius 2 is 2.09 bits per heavy atom. The van der Waals surface area contributed by atoms with Crippen LogP contribution < -0.4 is 4.87 Å². The maximum Gasteiger partial charge on any atom is 0.307 e. The zero-order valence-corrected chi connectivity index (χ0v) is 14.5. The van der Waals surface area contributed by atoms with Crippen LogP contribution in [0.25, 0.3) is 0 Å². The second-order valence-electron chi connectivity index (χ2n) is 5.65. The summed E-state index contributed by atoms with van der Waals surface area (Å²) in [6, 6.07) is 0. The molecule has 1 saturated heterocycles. The smallest absolute Gasteiger partial charge is 0.307 e. The number of aliphatic imine (C=N–C) groups is 1. The number of piperazine rings is 1. The number of amides is 1. The Labute approximate surface area is 137 Å². The van der Waals surface area contributed by atoms with Crippen LogP contribution in [0.1, 0.15) is 12.6 Å². The van der Waals surface area contributed by atoms with Gasteiger partial charge in [-0.3, -0.25) is 19.1 Å². The summed E-state index contributed by atoms with van der Waals surface area (Å²) in [5.41, 5.74) is 0.854.